The van der Waals surface area contributed by atoms with E-state index in [1.165, 1.54) is 4.68 Å². The number of hydrogen-bond donors (Lipinski definition) is 0. The highest BCUT2D eigenvalue weighted by Gasteiger charge is 2.12. The maximum absolute atomic E-state index is 12.4. The summed E-state index contributed by atoms with van der Waals surface area (Å²) >= 11 is 0. The van der Waals surface area contributed by atoms with Gasteiger partial charge in [0.15, 0.2) is 0 Å². The number of nitrogens with zero attached hydrogens (tertiary/aromatic N) is 2. The van der Waals surface area contributed by atoms with Crippen molar-refractivity contribution in [1.29, 1.82) is 0 Å². The molecule has 5 nitrogen and oxygen atoms in total. The number of ketones is 1. The fourth-order valence-electron chi connectivity index (χ4n) is 2.86. The summed E-state index contributed by atoms with van der Waals surface area (Å²) in [5.74, 6) is 0.906. The second-order valence-corrected chi connectivity index (χ2v) is 5.98. The molecule has 0 aliphatic heterocycles. The number of benzene rings is 2. The maximum Gasteiger partial charge on any atom is 0.274 e. The number of aromatic nitrogens is 2. The molecule has 0 aliphatic carbocycles. The van der Waals surface area contributed by atoms with Crippen LogP contribution in [0.3, 0.4) is 0 Å². The normalized spacial score (nSPS) is 10.8. The van der Waals surface area contributed by atoms with Crippen LogP contribution in [0, 0.1) is 0 Å². The van der Waals surface area contributed by atoms with Gasteiger partial charge in [-0.1, -0.05) is 30.3 Å². The third kappa shape index (κ3) is 3.76. The van der Waals surface area contributed by atoms with Gasteiger partial charge in [-0.3, -0.25) is 9.59 Å². The molecule has 3 rings (SSSR count). The lowest BCUT2D eigenvalue weighted by Crippen LogP contribution is -2.22. The molecule has 1 heterocycles. The van der Waals surface area contributed by atoms with Gasteiger partial charge >= 0.3 is 0 Å². The van der Waals surface area contributed by atoms with E-state index in [1.54, 1.807) is 20.2 Å². The zero-order chi connectivity index (χ0) is 17.8. The molecule has 25 heavy (non-hydrogen) atoms. The number of ether oxygens (including phenoxy) is 1. The minimum atomic E-state index is -0.148. The van der Waals surface area contributed by atoms with Gasteiger partial charge < -0.3 is 4.74 Å². The van der Waals surface area contributed by atoms with Crippen LogP contribution in [0.5, 0.6) is 5.75 Å². The number of carbonyl (C=O) groups is 1. The van der Waals surface area contributed by atoms with E-state index in [0.717, 1.165) is 16.7 Å². The minimum absolute atomic E-state index is 0.104. The van der Waals surface area contributed by atoms with E-state index in [1.807, 2.05) is 42.5 Å². The van der Waals surface area contributed by atoms with Crippen LogP contribution < -0.4 is 10.3 Å². The van der Waals surface area contributed by atoms with Crippen molar-refractivity contribution < 1.29 is 9.53 Å². The van der Waals surface area contributed by atoms with Crippen LogP contribution in [0.1, 0.15) is 17.7 Å². The van der Waals surface area contributed by atoms with Crippen molar-refractivity contribution in [3.8, 4) is 5.75 Å². The van der Waals surface area contributed by atoms with Crippen LogP contribution in [0.15, 0.2) is 53.3 Å². The SMILES string of the molecule is COc1ccc(CCC(=O)Cc2nn(C)c(=O)c3ccccc23)cc1. The van der Waals surface area contributed by atoms with Gasteiger partial charge in [0.05, 0.1) is 24.6 Å². The minimum Gasteiger partial charge on any atom is -0.497 e. The molecular formula is C20H20N2O3. The van der Waals surface area contributed by atoms with Crippen molar-refractivity contribution in [1.82, 2.24) is 9.78 Å². The zero-order valence-corrected chi connectivity index (χ0v) is 14.4. The van der Waals surface area contributed by atoms with Crippen molar-refractivity contribution in [2.45, 2.75) is 19.3 Å². The smallest absolute Gasteiger partial charge is 0.274 e. The summed E-state index contributed by atoms with van der Waals surface area (Å²) in [5, 5.41) is 5.63. The number of aryl methyl sites for hydroxylation is 2. The molecule has 0 unspecified atom stereocenters. The fraction of sp³-hybridized carbons (Fsp3) is 0.250. The molecule has 0 bridgehead atoms. The first-order valence-corrected chi connectivity index (χ1v) is 8.18. The Morgan fingerprint density at radius 2 is 1.76 bits per heavy atom. The lowest BCUT2D eigenvalue weighted by molar-refractivity contribution is -0.118. The third-order valence-corrected chi connectivity index (χ3v) is 4.25. The Morgan fingerprint density at radius 3 is 2.44 bits per heavy atom. The van der Waals surface area contributed by atoms with Gasteiger partial charge in [0.25, 0.3) is 5.56 Å². The molecule has 2 aromatic carbocycles. The molecule has 0 aliphatic rings. The van der Waals surface area contributed by atoms with Crippen molar-refractivity contribution >= 4 is 16.6 Å². The summed E-state index contributed by atoms with van der Waals surface area (Å²) in [4.78, 5) is 24.5. The monoisotopic (exact) mass is 336 g/mol. The van der Waals surface area contributed by atoms with Gasteiger partial charge in [0.2, 0.25) is 0 Å². The van der Waals surface area contributed by atoms with Crippen molar-refractivity contribution in [2.24, 2.45) is 7.05 Å². The predicted octanol–water partition coefficient (Wildman–Crippen LogP) is 2.69. The highest BCUT2D eigenvalue weighted by atomic mass is 16.5. The Balaban J connectivity index is 1.73. The molecule has 0 saturated carbocycles. The molecule has 0 atom stereocenters. The highest BCUT2D eigenvalue weighted by molar-refractivity contribution is 5.89. The Hall–Kier alpha value is -2.95. The summed E-state index contributed by atoms with van der Waals surface area (Å²) < 4.78 is 6.43. The summed E-state index contributed by atoms with van der Waals surface area (Å²) in [6.07, 6.45) is 1.34. The molecule has 0 fully saturated rings. The van der Waals surface area contributed by atoms with E-state index in [9.17, 15) is 9.59 Å². The number of methoxy groups -OCH3 is 1. The Morgan fingerprint density at radius 1 is 1.08 bits per heavy atom. The molecule has 128 valence electrons. The summed E-state index contributed by atoms with van der Waals surface area (Å²) in [6.45, 7) is 0. The largest absolute Gasteiger partial charge is 0.497 e. The first-order valence-electron chi connectivity index (χ1n) is 8.18. The van der Waals surface area contributed by atoms with E-state index < -0.39 is 0 Å². The average molecular weight is 336 g/mol. The van der Waals surface area contributed by atoms with Crippen LogP contribution in [0.4, 0.5) is 0 Å². The lowest BCUT2D eigenvalue weighted by Gasteiger charge is -2.08. The van der Waals surface area contributed by atoms with E-state index in [2.05, 4.69) is 5.10 Å². The molecule has 0 radical (unpaired) electrons. The average Bonchev–Trinajstić information content (AvgIpc) is 2.64. The Labute approximate surface area is 145 Å². The maximum atomic E-state index is 12.4. The van der Waals surface area contributed by atoms with E-state index >= 15 is 0 Å². The first kappa shape index (κ1) is 16.9. The van der Waals surface area contributed by atoms with E-state index in [4.69, 9.17) is 4.74 Å². The lowest BCUT2D eigenvalue weighted by atomic mass is 10.0. The topological polar surface area (TPSA) is 61.2 Å². The van der Waals surface area contributed by atoms with Crippen LogP contribution in [-0.2, 0) is 24.7 Å². The number of hydrogen-bond acceptors (Lipinski definition) is 4. The Bertz CT molecular complexity index is 959. The molecule has 1 aromatic heterocycles. The molecule has 0 spiro atoms. The third-order valence-electron chi connectivity index (χ3n) is 4.25. The van der Waals surface area contributed by atoms with Crippen LogP contribution >= 0.6 is 0 Å². The van der Waals surface area contributed by atoms with E-state index in [-0.39, 0.29) is 17.8 Å². The second-order valence-electron chi connectivity index (χ2n) is 5.98. The molecule has 0 N–H and O–H groups in total. The number of Topliss-reactive ketones (excluding diaryl/α,β-unsaturated/α-hetero) is 1. The van der Waals surface area contributed by atoms with E-state index in [0.29, 0.717) is 23.9 Å². The molecular weight excluding hydrogens is 316 g/mol. The van der Waals surface area contributed by atoms with Crippen LogP contribution in [0.25, 0.3) is 10.8 Å². The number of rotatable bonds is 6. The summed E-state index contributed by atoms with van der Waals surface area (Å²) in [7, 11) is 3.24. The summed E-state index contributed by atoms with van der Waals surface area (Å²) in [5.41, 5.74) is 1.59. The van der Waals surface area contributed by atoms with Gasteiger partial charge in [-0.25, -0.2) is 4.68 Å². The van der Waals surface area contributed by atoms with Gasteiger partial charge in [0.1, 0.15) is 11.5 Å². The standard InChI is InChI=1S/C20H20N2O3/c1-22-20(24)18-6-4-3-5-17(18)19(21-22)13-15(23)10-7-14-8-11-16(25-2)12-9-14/h3-6,8-9,11-12H,7,10,13H2,1-2H3. The Kier molecular flexibility index (Phi) is 4.93. The number of fused-ring (bicyclic) bond motifs is 1. The molecule has 0 saturated heterocycles. The zero-order valence-electron chi connectivity index (χ0n) is 14.4. The molecule has 3 aromatic rings. The second kappa shape index (κ2) is 7.30. The summed E-state index contributed by atoms with van der Waals surface area (Å²) in [6, 6.07) is 15.0. The van der Waals surface area contributed by atoms with Crippen molar-refractivity contribution in [3.63, 3.8) is 0 Å². The molecule has 5 heteroatoms. The van der Waals surface area contributed by atoms with Gasteiger partial charge in [-0.15, -0.1) is 0 Å². The number of carbonyl (C=O) groups excluding carboxylic acids is 1. The fourth-order valence-corrected chi connectivity index (χ4v) is 2.86. The first-order chi connectivity index (χ1) is 12.1. The van der Waals surface area contributed by atoms with Crippen molar-refractivity contribution in [3.05, 3.63) is 70.1 Å². The quantitative estimate of drug-likeness (QED) is 0.694. The van der Waals surface area contributed by atoms with Gasteiger partial charge in [-0.2, -0.15) is 5.10 Å². The van der Waals surface area contributed by atoms with Crippen molar-refractivity contribution in [2.75, 3.05) is 7.11 Å². The van der Waals surface area contributed by atoms with Crippen LogP contribution in [0.2, 0.25) is 0 Å². The van der Waals surface area contributed by atoms with Gasteiger partial charge in [0, 0.05) is 18.9 Å². The highest BCUT2D eigenvalue weighted by Crippen LogP contribution is 2.16. The predicted molar refractivity (Wildman–Crippen MR) is 97.0 cm³/mol. The van der Waals surface area contributed by atoms with Crippen LogP contribution in [-0.4, -0.2) is 22.7 Å². The van der Waals surface area contributed by atoms with Gasteiger partial charge in [-0.05, 0) is 30.2 Å². The molecule has 0 amide bonds.